The van der Waals surface area contributed by atoms with Crippen molar-refractivity contribution in [1.82, 2.24) is 9.55 Å². The molecule has 0 radical (unpaired) electrons. The van der Waals surface area contributed by atoms with Gasteiger partial charge in [-0.3, -0.25) is 9.59 Å². The van der Waals surface area contributed by atoms with Crippen molar-refractivity contribution < 1.29 is 24.1 Å². The minimum atomic E-state index is -0.722. The zero-order chi connectivity index (χ0) is 25.2. The van der Waals surface area contributed by atoms with Crippen molar-refractivity contribution in [1.29, 1.82) is 0 Å². The molecule has 0 saturated heterocycles. The zero-order valence-corrected chi connectivity index (χ0v) is 20.2. The minimum absolute atomic E-state index is 0.107. The smallest absolute Gasteiger partial charge is 0.306 e. The molecule has 0 aliphatic carbocycles. The standard InChI is InChI=1S/C28H28N2O6/c1-17-13-23(31)27(28(33)30(17)10-9-19-16-29-22-6-4-3-5-20(19)22)21(15-26(32)34-2)18-7-8-24-25(14-18)36-12-11-35-24/h3-8,13-14,16,21,29,31H,9-12,15H2,1-2H3/t21-/m0/s1. The molecule has 8 heteroatoms. The predicted molar refractivity (Wildman–Crippen MR) is 135 cm³/mol. The van der Waals surface area contributed by atoms with E-state index in [4.69, 9.17) is 14.2 Å². The van der Waals surface area contributed by atoms with E-state index in [1.165, 1.54) is 7.11 Å². The molecule has 2 aromatic heterocycles. The largest absolute Gasteiger partial charge is 0.507 e. The van der Waals surface area contributed by atoms with Gasteiger partial charge in [0.1, 0.15) is 19.0 Å². The molecule has 4 aromatic rings. The molecule has 0 fully saturated rings. The van der Waals surface area contributed by atoms with Crippen LogP contribution in [0.5, 0.6) is 17.2 Å². The van der Waals surface area contributed by atoms with E-state index in [2.05, 4.69) is 4.98 Å². The highest BCUT2D eigenvalue weighted by Crippen LogP contribution is 2.38. The number of aromatic hydroxyl groups is 1. The van der Waals surface area contributed by atoms with Crippen molar-refractivity contribution in [3.05, 3.63) is 87.5 Å². The SMILES string of the molecule is COC(=O)C[C@@H](c1ccc2c(c1)OCCO2)c1c(O)cc(C)n(CCc2c[nH]c3ccccc23)c1=O. The summed E-state index contributed by atoms with van der Waals surface area (Å²) < 4.78 is 17.9. The summed E-state index contributed by atoms with van der Waals surface area (Å²) in [6.45, 7) is 3.08. The maximum absolute atomic E-state index is 13.8. The number of aromatic nitrogens is 2. The summed E-state index contributed by atoms with van der Waals surface area (Å²) in [4.78, 5) is 29.4. The predicted octanol–water partition coefficient (Wildman–Crippen LogP) is 4.05. The van der Waals surface area contributed by atoms with Crippen LogP contribution in [0.25, 0.3) is 10.9 Å². The van der Waals surface area contributed by atoms with E-state index in [0.717, 1.165) is 16.5 Å². The Bertz CT molecular complexity index is 1490. The summed E-state index contributed by atoms with van der Waals surface area (Å²) in [5.74, 6) is -0.212. The Morgan fingerprint density at radius 2 is 1.92 bits per heavy atom. The second kappa shape index (κ2) is 9.81. The normalized spacial score (nSPS) is 13.5. The van der Waals surface area contributed by atoms with Crippen molar-refractivity contribution in [2.24, 2.45) is 0 Å². The van der Waals surface area contributed by atoms with Crippen molar-refractivity contribution in [2.45, 2.75) is 32.2 Å². The van der Waals surface area contributed by atoms with Gasteiger partial charge in [0.2, 0.25) is 0 Å². The number of fused-ring (bicyclic) bond motifs is 2. The number of nitrogens with one attached hydrogen (secondary N) is 1. The van der Waals surface area contributed by atoms with E-state index in [1.807, 2.05) is 30.5 Å². The van der Waals surface area contributed by atoms with Gasteiger partial charge in [-0.05, 0) is 48.7 Å². The first-order valence-electron chi connectivity index (χ1n) is 11.9. The van der Waals surface area contributed by atoms with Crippen LogP contribution in [-0.2, 0) is 22.5 Å². The first-order valence-corrected chi connectivity index (χ1v) is 11.9. The van der Waals surface area contributed by atoms with Gasteiger partial charge in [-0.15, -0.1) is 0 Å². The molecule has 0 saturated carbocycles. The monoisotopic (exact) mass is 488 g/mol. The van der Waals surface area contributed by atoms with Crippen LogP contribution in [0.15, 0.2) is 59.5 Å². The summed E-state index contributed by atoms with van der Waals surface area (Å²) >= 11 is 0. The average molecular weight is 489 g/mol. The number of hydrogen-bond donors (Lipinski definition) is 2. The first kappa shape index (κ1) is 23.5. The third-order valence-corrected chi connectivity index (χ3v) is 6.72. The number of H-pyrrole nitrogens is 1. The number of hydrogen-bond acceptors (Lipinski definition) is 6. The molecule has 0 spiro atoms. The lowest BCUT2D eigenvalue weighted by atomic mass is 9.88. The van der Waals surface area contributed by atoms with E-state index in [1.54, 1.807) is 35.8 Å². The summed E-state index contributed by atoms with van der Waals surface area (Å²) in [7, 11) is 1.30. The Hall–Kier alpha value is -4.20. The number of benzene rings is 2. The molecular weight excluding hydrogens is 460 g/mol. The number of pyridine rings is 1. The molecule has 1 aliphatic rings. The number of para-hydroxylation sites is 1. The topological polar surface area (TPSA) is 103 Å². The third kappa shape index (κ3) is 4.42. The zero-order valence-electron chi connectivity index (χ0n) is 20.2. The van der Waals surface area contributed by atoms with Crippen LogP contribution in [0.1, 0.15) is 34.7 Å². The van der Waals surface area contributed by atoms with Gasteiger partial charge in [0.25, 0.3) is 5.56 Å². The fourth-order valence-corrected chi connectivity index (χ4v) is 4.86. The molecule has 5 rings (SSSR count). The van der Waals surface area contributed by atoms with Crippen LogP contribution in [0.2, 0.25) is 0 Å². The average Bonchev–Trinajstić information content (AvgIpc) is 3.30. The molecule has 186 valence electrons. The fourth-order valence-electron chi connectivity index (χ4n) is 4.86. The van der Waals surface area contributed by atoms with E-state index in [0.29, 0.717) is 48.9 Å². The Morgan fingerprint density at radius 3 is 2.72 bits per heavy atom. The summed E-state index contributed by atoms with van der Waals surface area (Å²) in [5.41, 5.74) is 3.26. The lowest BCUT2D eigenvalue weighted by Gasteiger charge is -2.23. The van der Waals surface area contributed by atoms with Gasteiger partial charge >= 0.3 is 5.97 Å². The number of nitrogens with zero attached hydrogens (tertiary/aromatic N) is 1. The Labute approximate surface area is 208 Å². The first-order chi connectivity index (χ1) is 17.5. The third-order valence-electron chi connectivity index (χ3n) is 6.72. The van der Waals surface area contributed by atoms with Crippen molar-refractivity contribution in [2.75, 3.05) is 20.3 Å². The summed E-state index contributed by atoms with van der Waals surface area (Å²) in [6.07, 6.45) is 2.48. The number of carbonyl (C=O) groups excluding carboxylic acids is 1. The van der Waals surface area contributed by atoms with Gasteiger partial charge in [-0.1, -0.05) is 24.3 Å². The van der Waals surface area contributed by atoms with Gasteiger partial charge in [-0.25, -0.2) is 0 Å². The van der Waals surface area contributed by atoms with Crippen LogP contribution < -0.4 is 15.0 Å². The van der Waals surface area contributed by atoms with E-state index >= 15 is 0 Å². The van der Waals surface area contributed by atoms with Crippen LogP contribution in [0, 0.1) is 6.92 Å². The van der Waals surface area contributed by atoms with E-state index in [9.17, 15) is 14.7 Å². The van der Waals surface area contributed by atoms with Crippen LogP contribution in [0.3, 0.4) is 0 Å². The van der Waals surface area contributed by atoms with Crippen LogP contribution in [0.4, 0.5) is 0 Å². The highest BCUT2D eigenvalue weighted by molar-refractivity contribution is 5.83. The fraction of sp³-hybridized carbons (Fsp3) is 0.286. The van der Waals surface area contributed by atoms with Gasteiger partial charge in [0.15, 0.2) is 11.5 Å². The van der Waals surface area contributed by atoms with Crippen LogP contribution in [-0.4, -0.2) is 41.0 Å². The molecule has 1 aliphatic heterocycles. The Kier molecular flexibility index (Phi) is 6.41. The lowest BCUT2D eigenvalue weighted by molar-refractivity contribution is -0.140. The second-order valence-electron chi connectivity index (χ2n) is 8.89. The van der Waals surface area contributed by atoms with Crippen molar-refractivity contribution >= 4 is 16.9 Å². The molecule has 0 unspecified atom stereocenters. The van der Waals surface area contributed by atoms with Gasteiger partial charge in [0.05, 0.1) is 19.1 Å². The molecule has 0 amide bonds. The lowest BCUT2D eigenvalue weighted by Crippen LogP contribution is -2.29. The maximum Gasteiger partial charge on any atom is 0.306 e. The number of methoxy groups -OCH3 is 1. The van der Waals surface area contributed by atoms with E-state index in [-0.39, 0.29) is 23.3 Å². The number of aryl methyl sites for hydroxylation is 2. The quantitative estimate of drug-likeness (QED) is 0.381. The highest BCUT2D eigenvalue weighted by Gasteiger charge is 2.28. The summed E-state index contributed by atoms with van der Waals surface area (Å²) in [5, 5.41) is 12.0. The molecule has 36 heavy (non-hydrogen) atoms. The number of esters is 1. The van der Waals surface area contributed by atoms with Gasteiger partial charge in [0, 0.05) is 35.3 Å². The number of carbonyl (C=O) groups is 1. The molecule has 1 atom stereocenters. The molecule has 2 N–H and O–H groups in total. The summed E-state index contributed by atoms with van der Waals surface area (Å²) in [6, 6.07) is 14.9. The van der Waals surface area contributed by atoms with Crippen LogP contribution >= 0.6 is 0 Å². The molecule has 2 aromatic carbocycles. The van der Waals surface area contributed by atoms with Gasteiger partial charge in [-0.2, -0.15) is 0 Å². The van der Waals surface area contributed by atoms with Gasteiger partial charge < -0.3 is 28.9 Å². The van der Waals surface area contributed by atoms with E-state index < -0.39 is 11.9 Å². The van der Waals surface area contributed by atoms with Crippen molar-refractivity contribution in [3.8, 4) is 17.2 Å². The minimum Gasteiger partial charge on any atom is -0.507 e. The number of ether oxygens (including phenoxy) is 3. The molecule has 0 bridgehead atoms. The number of rotatable bonds is 7. The molecule has 3 heterocycles. The maximum atomic E-state index is 13.8. The molecule has 8 nitrogen and oxygen atoms in total. The highest BCUT2D eigenvalue weighted by atomic mass is 16.6. The Balaban J connectivity index is 1.54. The number of aromatic amines is 1. The second-order valence-corrected chi connectivity index (χ2v) is 8.89. The Morgan fingerprint density at radius 1 is 1.14 bits per heavy atom. The molecular formula is C28H28N2O6. The van der Waals surface area contributed by atoms with Crippen molar-refractivity contribution in [3.63, 3.8) is 0 Å².